The van der Waals surface area contributed by atoms with E-state index in [-0.39, 0.29) is 38.2 Å². The van der Waals surface area contributed by atoms with Crippen LogP contribution in [0.15, 0.2) is 48.6 Å². The zero-order valence-corrected chi connectivity index (χ0v) is 58.5. The summed E-state index contributed by atoms with van der Waals surface area (Å²) in [5, 5.41) is 9.76. The smallest absolute Gasteiger partial charge is 0.361 e. The molecule has 2 atom stereocenters. The molecule has 0 saturated carbocycles. The topological polar surface area (TPSA) is 108 Å². The Labute approximate surface area is 540 Å². The molecule has 0 amide bonds. The van der Waals surface area contributed by atoms with Crippen LogP contribution in [-0.4, -0.2) is 87.4 Å². The van der Waals surface area contributed by atoms with E-state index >= 15 is 0 Å². The number of quaternary nitrogens is 1. The van der Waals surface area contributed by atoms with Crippen molar-refractivity contribution in [2.75, 3.05) is 47.5 Å². The highest BCUT2D eigenvalue weighted by Crippen LogP contribution is 2.19. The third-order valence-corrected chi connectivity index (χ3v) is 17.1. The van der Waals surface area contributed by atoms with Crippen molar-refractivity contribution >= 4 is 17.9 Å². The van der Waals surface area contributed by atoms with Crippen LogP contribution >= 0.6 is 0 Å². The van der Waals surface area contributed by atoms with Crippen molar-refractivity contribution in [3.63, 3.8) is 0 Å². The van der Waals surface area contributed by atoms with E-state index in [0.717, 1.165) is 51.4 Å². The summed E-state index contributed by atoms with van der Waals surface area (Å²) in [6.45, 7) is 4.93. The maximum Gasteiger partial charge on any atom is 0.361 e. The van der Waals surface area contributed by atoms with Crippen LogP contribution in [0.25, 0.3) is 0 Å². The molecule has 0 fully saturated rings. The second-order valence-corrected chi connectivity index (χ2v) is 27.0. The first-order valence-electron chi connectivity index (χ1n) is 37.8. The number of aliphatic carboxylic acids is 1. The number of carbonyl (C=O) groups excluding carboxylic acids is 2. The number of carboxylic acid groups (broad SMARTS) is 1. The number of carboxylic acids is 1. The third-order valence-electron chi connectivity index (χ3n) is 17.1. The van der Waals surface area contributed by atoms with Gasteiger partial charge in [-0.1, -0.05) is 332 Å². The number of rotatable bonds is 71. The lowest BCUT2D eigenvalue weighted by atomic mass is 10.0. The minimum Gasteiger partial charge on any atom is -0.477 e. The number of carbonyl (C=O) groups is 3. The van der Waals surface area contributed by atoms with Crippen LogP contribution in [0.2, 0.25) is 0 Å². The Hall–Kier alpha value is -2.75. The summed E-state index contributed by atoms with van der Waals surface area (Å²) in [5.41, 5.74) is 0. The molecule has 0 bridgehead atoms. The average molecular weight is 1230 g/mol. The molecule has 2 unspecified atom stereocenters. The molecule has 0 aromatic heterocycles. The van der Waals surface area contributed by atoms with Gasteiger partial charge in [-0.05, 0) is 77.0 Å². The molecule has 0 saturated heterocycles. The number of esters is 2. The molecular formula is C78H146NO8+. The summed E-state index contributed by atoms with van der Waals surface area (Å²) >= 11 is 0. The van der Waals surface area contributed by atoms with Gasteiger partial charge in [0.25, 0.3) is 6.29 Å². The first-order chi connectivity index (χ1) is 42.6. The van der Waals surface area contributed by atoms with E-state index in [0.29, 0.717) is 17.4 Å². The molecule has 0 spiro atoms. The molecule has 0 aromatic carbocycles. The van der Waals surface area contributed by atoms with Crippen LogP contribution < -0.4 is 0 Å². The van der Waals surface area contributed by atoms with Crippen LogP contribution in [-0.2, 0) is 33.3 Å². The number of hydrogen-bond donors (Lipinski definition) is 1. The molecule has 0 aliphatic rings. The van der Waals surface area contributed by atoms with Gasteiger partial charge in [-0.3, -0.25) is 9.59 Å². The van der Waals surface area contributed by atoms with Crippen LogP contribution in [0, 0.1) is 0 Å². The summed E-state index contributed by atoms with van der Waals surface area (Å²) in [7, 11) is 5.99. The molecule has 87 heavy (non-hydrogen) atoms. The van der Waals surface area contributed by atoms with Crippen molar-refractivity contribution < 1.29 is 42.9 Å². The second kappa shape index (κ2) is 69.1. The van der Waals surface area contributed by atoms with Gasteiger partial charge in [0.1, 0.15) is 13.2 Å². The lowest BCUT2D eigenvalue weighted by Crippen LogP contribution is -2.40. The fourth-order valence-corrected chi connectivity index (χ4v) is 11.3. The van der Waals surface area contributed by atoms with Gasteiger partial charge in [0.15, 0.2) is 6.10 Å². The fourth-order valence-electron chi connectivity index (χ4n) is 11.3. The molecule has 0 radical (unpaired) electrons. The van der Waals surface area contributed by atoms with Gasteiger partial charge in [0, 0.05) is 12.8 Å². The highest BCUT2D eigenvalue weighted by atomic mass is 16.7. The Morgan fingerprint density at radius 3 is 0.931 bits per heavy atom. The van der Waals surface area contributed by atoms with Crippen molar-refractivity contribution in [3.05, 3.63) is 48.6 Å². The predicted molar refractivity (Wildman–Crippen MR) is 374 cm³/mol. The van der Waals surface area contributed by atoms with Gasteiger partial charge in [-0.25, -0.2) is 4.79 Å². The molecule has 0 aliphatic heterocycles. The zero-order chi connectivity index (χ0) is 63.3. The molecule has 0 aliphatic carbocycles. The van der Waals surface area contributed by atoms with Gasteiger partial charge < -0.3 is 28.5 Å². The lowest BCUT2D eigenvalue weighted by Gasteiger charge is -2.25. The minimum absolute atomic E-state index is 0.177. The summed E-state index contributed by atoms with van der Waals surface area (Å²) < 4.78 is 23.0. The summed E-state index contributed by atoms with van der Waals surface area (Å²) in [5.74, 6) is -1.98. The summed E-state index contributed by atoms with van der Waals surface area (Å²) in [4.78, 5) is 37.7. The van der Waals surface area contributed by atoms with Gasteiger partial charge in [-0.2, -0.15) is 0 Å². The molecule has 510 valence electrons. The molecule has 1 N–H and O–H groups in total. The first kappa shape index (κ1) is 84.2. The maximum atomic E-state index is 13.0. The van der Waals surface area contributed by atoms with Gasteiger partial charge in [0.2, 0.25) is 0 Å². The van der Waals surface area contributed by atoms with Crippen LogP contribution in [0.1, 0.15) is 373 Å². The van der Waals surface area contributed by atoms with Crippen LogP contribution in [0.3, 0.4) is 0 Å². The van der Waals surface area contributed by atoms with E-state index in [1.165, 1.54) is 295 Å². The fraction of sp³-hybridized carbons (Fsp3) is 0.859. The van der Waals surface area contributed by atoms with E-state index in [9.17, 15) is 19.5 Å². The number of unbranched alkanes of at least 4 members (excludes halogenated alkanes) is 48. The Kier molecular flexibility index (Phi) is 67.0. The molecular weight excluding hydrogens is 1080 g/mol. The largest absolute Gasteiger partial charge is 0.477 e. The highest BCUT2D eigenvalue weighted by Gasteiger charge is 2.25. The number of hydrogen-bond acceptors (Lipinski definition) is 7. The van der Waals surface area contributed by atoms with Crippen molar-refractivity contribution in [1.82, 2.24) is 0 Å². The summed E-state index contributed by atoms with van der Waals surface area (Å²) in [6, 6.07) is 0. The Morgan fingerprint density at radius 1 is 0.345 bits per heavy atom. The standard InChI is InChI=1S/C78H145NO8/c1-6-8-10-12-14-16-18-20-22-24-26-28-30-32-33-34-35-36-37-38-39-40-41-42-43-45-47-49-51-53-55-57-59-61-63-65-67-69-76(81)87-74(73-86-78(77(82)83)84-71-70-79(3,4)5)72-85-75(80)68-66-64-62-60-58-56-54-52-50-48-46-44-31-29-27-25-23-21-19-17-15-13-11-9-7-2/h18,20,24-27,30,32,74,78H,6-17,19,21-23,28-29,31,33-73H2,1-5H3/p+1/b20-18-,26-24-,27-25-,32-30-. The SMILES string of the molecule is CCCCCCC/C=C\C/C=C\C/C=C\CCCCCCCCCCCCCCCCCCCCCCCCC(=O)OC(COC(=O)CCCCCCCCCCCCCCC/C=C\CCCCCCCCCC)COC(OCC[N+](C)(C)C)C(=O)O. The highest BCUT2D eigenvalue weighted by molar-refractivity contribution is 5.71. The first-order valence-corrected chi connectivity index (χ1v) is 37.8. The predicted octanol–water partition coefficient (Wildman–Crippen LogP) is 23.7. The number of allylic oxidation sites excluding steroid dienone is 8. The molecule has 0 rings (SSSR count). The quantitative estimate of drug-likeness (QED) is 0.0211. The molecule has 9 nitrogen and oxygen atoms in total. The zero-order valence-electron chi connectivity index (χ0n) is 58.5. The normalized spacial score (nSPS) is 12.9. The summed E-state index contributed by atoms with van der Waals surface area (Å²) in [6.07, 6.45) is 86.8. The van der Waals surface area contributed by atoms with E-state index in [1.807, 2.05) is 21.1 Å². The Bertz CT molecular complexity index is 1570. The number of nitrogens with zero attached hydrogens (tertiary/aromatic N) is 1. The second-order valence-electron chi connectivity index (χ2n) is 27.0. The van der Waals surface area contributed by atoms with E-state index in [1.54, 1.807) is 0 Å². The van der Waals surface area contributed by atoms with Crippen molar-refractivity contribution in [1.29, 1.82) is 0 Å². The van der Waals surface area contributed by atoms with Gasteiger partial charge in [-0.15, -0.1) is 0 Å². The third kappa shape index (κ3) is 70.6. The minimum atomic E-state index is -1.51. The average Bonchev–Trinajstić information content (AvgIpc) is 3.57. The Morgan fingerprint density at radius 2 is 0.621 bits per heavy atom. The number of ether oxygens (including phenoxy) is 4. The van der Waals surface area contributed by atoms with Crippen LogP contribution in [0.5, 0.6) is 0 Å². The molecule has 0 heterocycles. The molecule has 9 heteroatoms. The van der Waals surface area contributed by atoms with Crippen molar-refractivity contribution in [2.24, 2.45) is 0 Å². The Balaban J connectivity index is 4.00. The van der Waals surface area contributed by atoms with E-state index in [4.69, 9.17) is 18.9 Å². The van der Waals surface area contributed by atoms with Gasteiger partial charge in [0.05, 0.1) is 34.4 Å². The van der Waals surface area contributed by atoms with Crippen molar-refractivity contribution in [3.8, 4) is 0 Å². The monoisotopic (exact) mass is 1230 g/mol. The van der Waals surface area contributed by atoms with Crippen molar-refractivity contribution in [2.45, 2.75) is 386 Å². The van der Waals surface area contributed by atoms with Crippen LogP contribution in [0.4, 0.5) is 0 Å². The van der Waals surface area contributed by atoms with E-state index in [2.05, 4.69) is 62.5 Å². The maximum absolute atomic E-state index is 13.0. The van der Waals surface area contributed by atoms with E-state index < -0.39 is 18.4 Å². The van der Waals surface area contributed by atoms with Gasteiger partial charge >= 0.3 is 17.9 Å². The number of likely N-dealkylation sites (N-methyl/N-ethyl adjacent to an activating group) is 1. The molecule has 0 aromatic rings. The lowest BCUT2D eigenvalue weighted by molar-refractivity contribution is -0.870.